The minimum absolute atomic E-state index is 0.0858. The molecule has 0 aliphatic rings. The maximum atomic E-state index is 12.8. The first-order valence-electron chi connectivity index (χ1n) is 7.45. The molecule has 0 atom stereocenters. The Balaban J connectivity index is 1.54. The summed E-state index contributed by atoms with van der Waals surface area (Å²) < 4.78 is 43.6. The van der Waals surface area contributed by atoms with Crippen LogP contribution in [0.2, 0.25) is 0 Å². The molecule has 0 radical (unpaired) electrons. The highest BCUT2D eigenvalue weighted by Gasteiger charge is 2.31. The van der Waals surface area contributed by atoms with Gasteiger partial charge in [-0.2, -0.15) is 18.2 Å². The third kappa shape index (κ3) is 3.08. The van der Waals surface area contributed by atoms with Crippen LogP contribution in [0.15, 0.2) is 53.1 Å². The van der Waals surface area contributed by atoms with Crippen molar-refractivity contribution in [1.29, 1.82) is 0 Å². The van der Waals surface area contributed by atoms with Crippen LogP contribution in [0.5, 0.6) is 0 Å². The maximum Gasteiger partial charge on any atom is 0.416 e. The second-order valence-electron chi connectivity index (χ2n) is 5.31. The number of halogens is 3. The van der Waals surface area contributed by atoms with E-state index in [1.165, 1.54) is 6.07 Å². The minimum atomic E-state index is -4.47. The molecule has 2 aromatic carbocycles. The van der Waals surface area contributed by atoms with E-state index in [0.29, 0.717) is 5.82 Å². The number of alkyl halides is 3. The second-order valence-corrected chi connectivity index (χ2v) is 5.31. The molecule has 0 aliphatic carbocycles. The first-order valence-corrected chi connectivity index (χ1v) is 7.45. The fourth-order valence-corrected chi connectivity index (χ4v) is 2.30. The summed E-state index contributed by atoms with van der Waals surface area (Å²) in [5.74, 6) is 0.534. The molecule has 132 valence electrons. The minimum Gasteiger partial charge on any atom is -0.385 e. The molecule has 2 heterocycles. The Labute approximate surface area is 144 Å². The predicted octanol–water partition coefficient (Wildman–Crippen LogP) is 3.13. The zero-order valence-electron chi connectivity index (χ0n) is 13.0. The average Bonchev–Trinajstić information content (AvgIpc) is 3.26. The van der Waals surface area contributed by atoms with Crippen LogP contribution in [-0.2, 0) is 12.8 Å². The molecular formula is C16H10F3N5O2. The van der Waals surface area contributed by atoms with E-state index in [1.54, 1.807) is 0 Å². The molecule has 26 heavy (non-hydrogen) atoms. The van der Waals surface area contributed by atoms with E-state index in [1.807, 2.05) is 30.3 Å². The summed E-state index contributed by atoms with van der Waals surface area (Å²) >= 11 is 0. The van der Waals surface area contributed by atoms with Gasteiger partial charge < -0.3 is 9.36 Å². The molecule has 4 aromatic rings. The SMILES string of the molecule is FC(F)(F)c1ccc2nnn(OCc3nc(-c4ccccc4)no3)c2c1. The van der Waals surface area contributed by atoms with Gasteiger partial charge in [-0.05, 0) is 23.4 Å². The lowest BCUT2D eigenvalue weighted by Gasteiger charge is -2.07. The van der Waals surface area contributed by atoms with Crippen LogP contribution in [0.1, 0.15) is 11.5 Å². The van der Waals surface area contributed by atoms with Gasteiger partial charge in [0.1, 0.15) is 11.0 Å². The molecule has 0 unspecified atom stereocenters. The molecule has 0 N–H and O–H groups in total. The smallest absolute Gasteiger partial charge is 0.385 e. The van der Waals surface area contributed by atoms with E-state index in [2.05, 4.69) is 20.5 Å². The van der Waals surface area contributed by atoms with Gasteiger partial charge in [0.2, 0.25) is 5.82 Å². The Hall–Kier alpha value is -3.43. The van der Waals surface area contributed by atoms with Crippen LogP contribution in [0.25, 0.3) is 22.4 Å². The topological polar surface area (TPSA) is 78.9 Å². The van der Waals surface area contributed by atoms with Crippen LogP contribution >= 0.6 is 0 Å². The van der Waals surface area contributed by atoms with Gasteiger partial charge in [-0.25, -0.2) is 0 Å². The van der Waals surface area contributed by atoms with Crippen molar-refractivity contribution in [2.75, 3.05) is 0 Å². The highest BCUT2D eigenvalue weighted by molar-refractivity contribution is 5.74. The summed E-state index contributed by atoms with van der Waals surface area (Å²) in [6, 6.07) is 12.2. The van der Waals surface area contributed by atoms with Crippen LogP contribution < -0.4 is 4.84 Å². The fraction of sp³-hybridized carbons (Fsp3) is 0.125. The van der Waals surface area contributed by atoms with Crippen molar-refractivity contribution >= 4 is 11.0 Å². The Morgan fingerprint density at radius 2 is 1.88 bits per heavy atom. The van der Waals surface area contributed by atoms with Crippen molar-refractivity contribution in [1.82, 2.24) is 25.3 Å². The molecular weight excluding hydrogens is 351 g/mol. The third-order valence-electron chi connectivity index (χ3n) is 3.55. The first kappa shape index (κ1) is 16.1. The van der Waals surface area contributed by atoms with E-state index in [9.17, 15) is 13.2 Å². The Morgan fingerprint density at radius 3 is 2.65 bits per heavy atom. The maximum absolute atomic E-state index is 12.8. The molecule has 0 aliphatic heterocycles. The third-order valence-corrected chi connectivity index (χ3v) is 3.55. The summed E-state index contributed by atoms with van der Waals surface area (Å²) in [4.78, 5) is 10.4. The zero-order valence-corrected chi connectivity index (χ0v) is 13.0. The van der Waals surface area contributed by atoms with Crippen molar-refractivity contribution in [3.8, 4) is 11.4 Å². The van der Waals surface area contributed by atoms with Crippen LogP contribution in [0, 0.1) is 0 Å². The van der Waals surface area contributed by atoms with Crippen molar-refractivity contribution in [3.05, 3.63) is 60.0 Å². The van der Waals surface area contributed by atoms with E-state index >= 15 is 0 Å². The lowest BCUT2D eigenvalue weighted by molar-refractivity contribution is -0.137. The van der Waals surface area contributed by atoms with Crippen LogP contribution in [0.3, 0.4) is 0 Å². The van der Waals surface area contributed by atoms with Gasteiger partial charge in [0.15, 0.2) is 6.61 Å². The van der Waals surface area contributed by atoms with Crippen molar-refractivity contribution < 1.29 is 22.5 Å². The van der Waals surface area contributed by atoms with E-state index in [-0.39, 0.29) is 23.5 Å². The summed E-state index contributed by atoms with van der Waals surface area (Å²) in [6.45, 7) is -0.172. The highest BCUT2D eigenvalue weighted by Crippen LogP contribution is 2.30. The highest BCUT2D eigenvalue weighted by atomic mass is 19.4. The number of benzene rings is 2. The van der Waals surface area contributed by atoms with E-state index < -0.39 is 11.7 Å². The number of fused-ring (bicyclic) bond motifs is 1. The number of nitrogens with zero attached hydrogens (tertiary/aromatic N) is 5. The van der Waals surface area contributed by atoms with Crippen LogP contribution in [0.4, 0.5) is 13.2 Å². The number of rotatable bonds is 4. The fourth-order valence-electron chi connectivity index (χ4n) is 2.30. The zero-order chi connectivity index (χ0) is 18.1. The molecule has 0 amide bonds. The Bertz CT molecular complexity index is 1040. The molecule has 7 nitrogen and oxygen atoms in total. The van der Waals surface area contributed by atoms with Gasteiger partial charge in [0.05, 0.1) is 5.56 Å². The second kappa shape index (κ2) is 6.14. The van der Waals surface area contributed by atoms with Crippen molar-refractivity contribution in [2.45, 2.75) is 12.8 Å². The largest absolute Gasteiger partial charge is 0.416 e. The molecule has 0 saturated carbocycles. The predicted molar refractivity (Wildman–Crippen MR) is 82.5 cm³/mol. The molecule has 0 bridgehead atoms. The monoisotopic (exact) mass is 361 g/mol. The quantitative estimate of drug-likeness (QED) is 0.556. The number of aromatic nitrogens is 5. The van der Waals surface area contributed by atoms with Crippen molar-refractivity contribution in [2.24, 2.45) is 0 Å². The number of hydrogen-bond donors (Lipinski definition) is 0. The first-order chi connectivity index (χ1) is 12.5. The van der Waals surface area contributed by atoms with E-state index in [0.717, 1.165) is 22.5 Å². The average molecular weight is 361 g/mol. The van der Waals surface area contributed by atoms with Gasteiger partial charge in [-0.15, -0.1) is 5.10 Å². The Kier molecular flexibility index (Phi) is 3.79. The van der Waals surface area contributed by atoms with Gasteiger partial charge in [-0.1, -0.05) is 40.3 Å². The molecule has 10 heteroatoms. The molecule has 0 spiro atoms. The lowest BCUT2D eigenvalue weighted by atomic mass is 10.2. The lowest BCUT2D eigenvalue weighted by Crippen LogP contribution is -2.13. The number of hydrogen-bond acceptors (Lipinski definition) is 6. The summed E-state index contributed by atoms with van der Waals surface area (Å²) in [5.41, 5.74) is 0.306. The van der Waals surface area contributed by atoms with Crippen LogP contribution in [-0.4, -0.2) is 25.3 Å². The van der Waals surface area contributed by atoms with E-state index in [4.69, 9.17) is 9.36 Å². The molecule has 0 saturated heterocycles. The van der Waals surface area contributed by atoms with Gasteiger partial charge >= 0.3 is 6.18 Å². The van der Waals surface area contributed by atoms with Gasteiger partial charge in [0, 0.05) is 5.56 Å². The molecule has 4 rings (SSSR count). The Morgan fingerprint density at radius 1 is 1.08 bits per heavy atom. The summed E-state index contributed by atoms with van der Waals surface area (Å²) in [5, 5.41) is 11.3. The van der Waals surface area contributed by atoms with Gasteiger partial charge in [-0.3, -0.25) is 0 Å². The molecule has 0 fully saturated rings. The van der Waals surface area contributed by atoms with Crippen molar-refractivity contribution in [3.63, 3.8) is 0 Å². The normalized spacial score (nSPS) is 11.8. The molecule has 2 aromatic heterocycles. The van der Waals surface area contributed by atoms with Gasteiger partial charge in [0.25, 0.3) is 5.89 Å². The summed E-state index contributed by atoms with van der Waals surface area (Å²) in [7, 11) is 0. The summed E-state index contributed by atoms with van der Waals surface area (Å²) in [6.07, 6.45) is -4.47. The standard InChI is InChI=1S/C16H10F3N5O2/c17-16(18,19)11-6-7-12-13(8-11)24(23-21-12)25-9-14-20-15(22-26-14)10-4-2-1-3-5-10/h1-8H,9H2.